The summed E-state index contributed by atoms with van der Waals surface area (Å²) in [6.07, 6.45) is 9.80. The minimum Gasteiger partial charge on any atom is -0.0807 e. The summed E-state index contributed by atoms with van der Waals surface area (Å²) in [6, 6.07) is 0. The fourth-order valence-electron chi connectivity index (χ4n) is 0.675. The molecule has 0 heterocycles. The van der Waals surface area contributed by atoms with Crippen molar-refractivity contribution in [2.45, 2.75) is 19.8 Å². The van der Waals surface area contributed by atoms with Gasteiger partial charge in [-0.1, -0.05) is 12.2 Å². The number of allylic oxidation sites excluding steroid dienone is 4. The smallest absolute Gasteiger partial charge is 0.0198 e. The van der Waals surface area contributed by atoms with Crippen LogP contribution in [0.4, 0.5) is 0 Å². The predicted octanol–water partition coefficient (Wildman–Crippen LogP) is 2.09. The van der Waals surface area contributed by atoms with Crippen molar-refractivity contribution in [2.24, 2.45) is 0 Å². The lowest BCUT2D eigenvalue weighted by atomic mass is 10.1. The minimum atomic E-state index is 1.18. The number of rotatable bonds is 0. The monoisotopic (exact) mass is 93.1 g/mol. The summed E-state index contributed by atoms with van der Waals surface area (Å²) >= 11 is 0. The normalized spacial score (nSPS) is 19.3. The van der Waals surface area contributed by atoms with Crippen LogP contribution in [0, 0.1) is 6.08 Å². The Balaban J connectivity index is 2.58. The van der Waals surface area contributed by atoms with Crippen LogP contribution in [0.5, 0.6) is 0 Å². The van der Waals surface area contributed by atoms with Gasteiger partial charge in [0.2, 0.25) is 0 Å². The van der Waals surface area contributed by atoms with Crippen molar-refractivity contribution >= 4 is 0 Å². The molecule has 1 radical (unpaired) electrons. The summed E-state index contributed by atoms with van der Waals surface area (Å²) in [6.45, 7) is 2.08. The highest BCUT2D eigenvalue weighted by Gasteiger charge is 1.87. The lowest BCUT2D eigenvalue weighted by molar-refractivity contribution is 1.01. The van der Waals surface area contributed by atoms with E-state index in [9.17, 15) is 0 Å². The lowest BCUT2D eigenvalue weighted by Gasteiger charge is -1.95. The molecule has 0 amide bonds. The maximum absolute atomic E-state index is 3.12. The van der Waals surface area contributed by atoms with Crippen molar-refractivity contribution < 1.29 is 0 Å². The maximum atomic E-state index is 3.12. The third-order valence-electron chi connectivity index (χ3n) is 1.09. The summed E-state index contributed by atoms with van der Waals surface area (Å²) in [5.74, 6) is 0. The van der Waals surface area contributed by atoms with Gasteiger partial charge in [-0.05, 0) is 31.4 Å². The van der Waals surface area contributed by atoms with E-state index < -0.39 is 0 Å². The van der Waals surface area contributed by atoms with Crippen molar-refractivity contribution in [3.63, 3.8) is 0 Å². The summed E-state index contributed by atoms with van der Waals surface area (Å²) < 4.78 is 0. The second-order valence-electron chi connectivity index (χ2n) is 1.81. The van der Waals surface area contributed by atoms with Gasteiger partial charge < -0.3 is 0 Å². The summed E-state index contributed by atoms with van der Waals surface area (Å²) in [5.41, 5.74) is 1.28. The van der Waals surface area contributed by atoms with Crippen LogP contribution in [0.25, 0.3) is 0 Å². The van der Waals surface area contributed by atoms with Crippen molar-refractivity contribution in [2.75, 3.05) is 0 Å². The molecule has 1 rings (SSSR count). The van der Waals surface area contributed by atoms with E-state index in [1.165, 1.54) is 18.4 Å². The van der Waals surface area contributed by atoms with Gasteiger partial charge in [-0.3, -0.25) is 0 Å². The van der Waals surface area contributed by atoms with Crippen LogP contribution >= 0.6 is 0 Å². The second kappa shape index (κ2) is 1.97. The van der Waals surface area contributed by atoms with E-state index >= 15 is 0 Å². The third-order valence-corrected chi connectivity index (χ3v) is 1.09. The molecular formula is C7H9. The molecule has 1 aliphatic carbocycles. The van der Waals surface area contributed by atoms with E-state index in [1.807, 2.05) is 0 Å². The third kappa shape index (κ3) is 1.19. The molecule has 0 aliphatic heterocycles. The SMILES string of the molecule is CC1=CCCC=[C]1. The van der Waals surface area contributed by atoms with Gasteiger partial charge in [0, 0.05) is 0 Å². The molecule has 0 fully saturated rings. The Hall–Kier alpha value is -0.520. The maximum Gasteiger partial charge on any atom is -0.0198 e. The van der Waals surface area contributed by atoms with E-state index in [4.69, 9.17) is 0 Å². The Labute approximate surface area is 44.5 Å². The van der Waals surface area contributed by atoms with Crippen molar-refractivity contribution in [1.29, 1.82) is 0 Å². The second-order valence-corrected chi connectivity index (χ2v) is 1.81. The first kappa shape index (κ1) is 4.63. The Kier molecular flexibility index (Phi) is 1.30. The molecule has 0 aromatic carbocycles. The summed E-state index contributed by atoms with van der Waals surface area (Å²) in [5, 5.41) is 0. The fraction of sp³-hybridized carbons (Fsp3) is 0.429. The largest absolute Gasteiger partial charge is 0.0807 e. The molecule has 0 aromatic heterocycles. The van der Waals surface area contributed by atoms with Crippen molar-refractivity contribution in [3.05, 3.63) is 23.8 Å². The molecule has 0 heteroatoms. The Bertz CT molecular complexity index is 107. The highest BCUT2D eigenvalue weighted by Crippen LogP contribution is 2.05. The summed E-state index contributed by atoms with van der Waals surface area (Å²) in [4.78, 5) is 0. The lowest BCUT2D eigenvalue weighted by Crippen LogP contribution is -1.77. The van der Waals surface area contributed by atoms with E-state index in [-0.39, 0.29) is 0 Å². The molecule has 0 spiro atoms. The topological polar surface area (TPSA) is 0 Å². The molecule has 0 nitrogen and oxygen atoms in total. The van der Waals surface area contributed by atoms with Gasteiger partial charge >= 0.3 is 0 Å². The standard InChI is InChI=1S/C7H9/c1-7-5-3-2-4-6-7/h3,6H,2,4H2,1H3. The van der Waals surface area contributed by atoms with E-state index in [1.54, 1.807) is 0 Å². The van der Waals surface area contributed by atoms with E-state index in [2.05, 4.69) is 25.2 Å². The van der Waals surface area contributed by atoms with Gasteiger partial charge in [0.05, 0.1) is 0 Å². The first-order chi connectivity index (χ1) is 3.39. The number of hydrogen-bond acceptors (Lipinski definition) is 0. The molecule has 0 atom stereocenters. The molecule has 37 valence electrons. The quantitative estimate of drug-likeness (QED) is 0.430. The van der Waals surface area contributed by atoms with E-state index in [0.717, 1.165) is 0 Å². The van der Waals surface area contributed by atoms with E-state index in [0.29, 0.717) is 0 Å². The van der Waals surface area contributed by atoms with Gasteiger partial charge in [-0.15, -0.1) is 0 Å². The van der Waals surface area contributed by atoms with Crippen molar-refractivity contribution in [3.8, 4) is 0 Å². The van der Waals surface area contributed by atoms with Crippen molar-refractivity contribution in [1.82, 2.24) is 0 Å². The molecule has 0 saturated heterocycles. The first-order valence-corrected chi connectivity index (χ1v) is 2.64. The van der Waals surface area contributed by atoms with Gasteiger partial charge in [0.1, 0.15) is 0 Å². The first-order valence-electron chi connectivity index (χ1n) is 2.64. The molecule has 7 heavy (non-hydrogen) atoms. The molecule has 1 aliphatic rings. The zero-order valence-electron chi connectivity index (χ0n) is 4.57. The van der Waals surface area contributed by atoms with Crippen LogP contribution in [0.2, 0.25) is 0 Å². The van der Waals surface area contributed by atoms with Crippen LogP contribution in [-0.2, 0) is 0 Å². The molecule has 0 aromatic rings. The molecule has 0 saturated carbocycles. The van der Waals surface area contributed by atoms with Crippen LogP contribution in [-0.4, -0.2) is 0 Å². The fourth-order valence-corrected chi connectivity index (χ4v) is 0.675. The van der Waals surface area contributed by atoms with Crippen LogP contribution < -0.4 is 0 Å². The van der Waals surface area contributed by atoms with Gasteiger partial charge in [-0.25, -0.2) is 0 Å². The van der Waals surface area contributed by atoms with Crippen LogP contribution in [0.1, 0.15) is 19.8 Å². The molecule has 0 N–H and O–H groups in total. The average Bonchev–Trinajstić information content (AvgIpc) is 1.69. The summed E-state index contributed by atoms with van der Waals surface area (Å²) in [7, 11) is 0. The van der Waals surface area contributed by atoms with Crippen LogP contribution in [0.15, 0.2) is 17.7 Å². The molecular weight excluding hydrogens is 84.1 g/mol. The average molecular weight is 93.1 g/mol. The Morgan fingerprint density at radius 1 is 1.57 bits per heavy atom. The Morgan fingerprint density at radius 3 is 2.71 bits per heavy atom. The zero-order chi connectivity index (χ0) is 5.11. The van der Waals surface area contributed by atoms with Gasteiger partial charge in [0.25, 0.3) is 0 Å². The van der Waals surface area contributed by atoms with Gasteiger partial charge in [-0.2, -0.15) is 0 Å². The highest BCUT2D eigenvalue weighted by molar-refractivity contribution is 5.13. The molecule has 0 bridgehead atoms. The highest BCUT2D eigenvalue weighted by atomic mass is 13.9. The Morgan fingerprint density at radius 2 is 2.43 bits per heavy atom. The minimum absolute atomic E-state index is 1.18. The number of hydrogen-bond donors (Lipinski definition) is 0. The molecule has 0 unspecified atom stereocenters. The van der Waals surface area contributed by atoms with Gasteiger partial charge in [0.15, 0.2) is 0 Å². The van der Waals surface area contributed by atoms with Crippen LogP contribution in [0.3, 0.4) is 0 Å². The zero-order valence-corrected chi connectivity index (χ0v) is 4.57. The predicted molar refractivity (Wildman–Crippen MR) is 30.8 cm³/mol.